The third-order valence-electron chi connectivity index (χ3n) is 4.78. The summed E-state index contributed by atoms with van der Waals surface area (Å²) in [5.41, 5.74) is 0.345. The highest BCUT2D eigenvalue weighted by Gasteiger charge is 2.36. The molecular formula is C29H74O11Si3. The molecule has 11 nitrogen and oxygen atoms in total. The molecule has 1 heterocycles. The largest absolute Gasteiger partial charge is 0.425 e. The average molecular weight is 683 g/mol. The first-order valence-electron chi connectivity index (χ1n) is 16.5. The Labute approximate surface area is 273 Å². The number of hydrogen-bond donors (Lipinski definition) is 0. The van der Waals surface area contributed by atoms with Crippen LogP contribution >= 0.6 is 0 Å². The van der Waals surface area contributed by atoms with Crippen LogP contribution in [-0.4, -0.2) is 115 Å². The van der Waals surface area contributed by atoms with Crippen molar-refractivity contribution in [1.82, 2.24) is 0 Å². The minimum absolute atomic E-state index is 0.0860. The van der Waals surface area contributed by atoms with Gasteiger partial charge in [0.05, 0.1) is 59.5 Å². The summed E-state index contributed by atoms with van der Waals surface area (Å²) in [5.74, 6) is 0. The molecule has 1 aliphatic rings. The second kappa shape index (κ2) is 54.7. The lowest BCUT2D eigenvalue weighted by Gasteiger charge is -2.40. The molecule has 1 saturated heterocycles. The van der Waals surface area contributed by atoms with Gasteiger partial charge in [-0.1, -0.05) is 20.0 Å². The van der Waals surface area contributed by atoms with Crippen molar-refractivity contribution in [2.24, 2.45) is 5.41 Å². The molecule has 0 aromatic rings. The van der Waals surface area contributed by atoms with E-state index in [2.05, 4.69) is 56.3 Å². The van der Waals surface area contributed by atoms with Gasteiger partial charge >= 0.3 is 0 Å². The van der Waals surface area contributed by atoms with Crippen LogP contribution in [0.5, 0.6) is 0 Å². The molecule has 0 radical (unpaired) electrons. The molecule has 0 bridgehead atoms. The van der Waals surface area contributed by atoms with Crippen LogP contribution < -0.4 is 0 Å². The molecule has 0 amide bonds. The highest BCUT2D eigenvalue weighted by Crippen LogP contribution is 2.31. The zero-order valence-corrected chi connectivity index (χ0v) is 34.7. The van der Waals surface area contributed by atoms with Crippen molar-refractivity contribution in [3.05, 3.63) is 0 Å². The molecule has 268 valence electrons. The van der Waals surface area contributed by atoms with E-state index in [4.69, 9.17) is 22.8 Å². The molecule has 0 atom stereocenters. The van der Waals surface area contributed by atoms with Crippen LogP contribution in [0.25, 0.3) is 0 Å². The van der Waals surface area contributed by atoms with Crippen molar-refractivity contribution in [3.63, 3.8) is 0 Å². The molecule has 0 unspecified atom stereocenters. The van der Waals surface area contributed by atoms with Crippen molar-refractivity contribution in [1.29, 1.82) is 0 Å². The van der Waals surface area contributed by atoms with Crippen LogP contribution in [0.3, 0.4) is 0 Å². The Kier molecular flexibility index (Phi) is 67.0. The van der Waals surface area contributed by atoms with Crippen LogP contribution in [0, 0.1) is 5.41 Å². The predicted molar refractivity (Wildman–Crippen MR) is 186 cm³/mol. The first-order chi connectivity index (χ1) is 20.9. The molecule has 0 aromatic carbocycles. The molecule has 1 rings (SSSR count). The summed E-state index contributed by atoms with van der Waals surface area (Å²) in [6.07, 6.45) is 2.33. The third-order valence-corrected chi connectivity index (χ3v) is 7.90. The maximum absolute atomic E-state index is 5.70. The van der Waals surface area contributed by atoms with Crippen molar-refractivity contribution in [3.8, 4) is 0 Å². The minimum Gasteiger partial charge on any atom is -0.425 e. The fourth-order valence-electron chi connectivity index (χ4n) is 2.53. The summed E-state index contributed by atoms with van der Waals surface area (Å²) in [4.78, 5) is 26.9. The van der Waals surface area contributed by atoms with E-state index in [-0.39, 0.29) is 29.3 Å². The summed E-state index contributed by atoms with van der Waals surface area (Å²) >= 11 is 0. The van der Waals surface area contributed by atoms with Gasteiger partial charge in [-0.2, -0.15) is 0 Å². The van der Waals surface area contributed by atoms with E-state index in [1.807, 2.05) is 55.4 Å². The fourth-order valence-corrected chi connectivity index (χ4v) is 4.25. The van der Waals surface area contributed by atoms with Gasteiger partial charge in [-0.25, -0.2) is 29.3 Å². The summed E-state index contributed by atoms with van der Waals surface area (Å²) in [6, 6.07) is 1.24. The molecule has 43 heavy (non-hydrogen) atoms. The Morgan fingerprint density at radius 1 is 0.535 bits per heavy atom. The molecule has 1 fully saturated rings. The molecule has 0 spiro atoms. The van der Waals surface area contributed by atoms with Gasteiger partial charge in [0.15, 0.2) is 29.3 Å². The monoisotopic (exact) mass is 682 g/mol. The van der Waals surface area contributed by atoms with E-state index in [0.29, 0.717) is 45.1 Å². The zero-order valence-electron chi connectivity index (χ0n) is 30.4. The normalized spacial score (nSPS) is 13.1. The van der Waals surface area contributed by atoms with Gasteiger partial charge < -0.3 is 22.8 Å². The Hall–Kier alpha value is 0.211. The first kappa shape index (κ1) is 52.7. The number of rotatable bonds is 22. The highest BCUT2D eigenvalue weighted by atomic mass is 28.2. The number of hydrogen-bond acceptors (Lipinski definition) is 11. The molecule has 0 aromatic heterocycles. The molecule has 14 heteroatoms. The first-order valence-corrected chi connectivity index (χ1v) is 22.1. The lowest BCUT2D eigenvalue weighted by Crippen LogP contribution is -2.45. The fraction of sp³-hybridized carbons (Fsp3) is 1.00. The van der Waals surface area contributed by atoms with Crippen LogP contribution in [0.4, 0.5) is 0 Å². The maximum Gasteiger partial charge on any atom is 0.161 e. The lowest BCUT2D eigenvalue weighted by molar-refractivity contribution is -0.287. The molecule has 0 N–H and O–H groups in total. The van der Waals surface area contributed by atoms with Gasteiger partial charge in [-0.3, -0.25) is 0 Å². The van der Waals surface area contributed by atoms with Gasteiger partial charge in [0.2, 0.25) is 0 Å². The van der Waals surface area contributed by atoms with Gasteiger partial charge in [0.1, 0.15) is 0 Å². The van der Waals surface area contributed by atoms with Gasteiger partial charge in [-0.15, -0.1) is 0 Å². The SMILES string of the molecule is CCOOCC.CCOOCC.CCOOCC.CCO[SiH2]C.CCO[SiH2]C.CCO[SiH2]CCCOCC1(CC)COC1. The lowest BCUT2D eigenvalue weighted by atomic mass is 9.84. The summed E-state index contributed by atoms with van der Waals surface area (Å²) in [7, 11) is -0.424. The topological polar surface area (TPSA) is 102 Å². The van der Waals surface area contributed by atoms with Crippen molar-refractivity contribution >= 4 is 29.3 Å². The van der Waals surface area contributed by atoms with Crippen LogP contribution in [-0.2, 0) is 52.1 Å². The van der Waals surface area contributed by atoms with Gasteiger partial charge in [-0.05, 0) is 81.2 Å². The quantitative estimate of drug-likeness (QED) is 0.0694. The van der Waals surface area contributed by atoms with Crippen molar-refractivity contribution in [2.45, 2.75) is 101 Å². The maximum atomic E-state index is 5.70. The van der Waals surface area contributed by atoms with Crippen molar-refractivity contribution in [2.75, 3.05) is 85.9 Å². The van der Waals surface area contributed by atoms with Gasteiger partial charge in [0, 0.05) is 31.8 Å². The second-order valence-corrected chi connectivity index (χ2v) is 11.8. The van der Waals surface area contributed by atoms with Crippen LogP contribution in [0.15, 0.2) is 0 Å². The van der Waals surface area contributed by atoms with E-state index in [9.17, 15) is 0 Å². The summed E-state index contributed by atoms with van der Waals surface area (Å²) in [6.45, 7) is 33.9. The third kappa shape index (κ3) is 58.3. The van der Waals surface area contributed by atoms with Gasteiger partial charge in [0.25, 0.3) is 0 Å². The van der Waals surface area contributed by atoms with E-state index in [0.717, 1.165) is 52.7 Å². The Morgan fingerprint density at radius 3 is 1.12 bits per heavy atom. The van der Waals surface area contributed by atoms with E-state index in [1.165, 1.54) is 12.5 Å². The molecule has 0 saturated carbocycles. The molecular weight excluding hydrogens is 609 g/mol. The summed E-state index contributed by atoms with van der Waals surface area (Å²) < 4.78 is 26.3. The van der Waals surface area contributed by atoms with E-state index in [1.54, 1.807) is 0 Å². The Bertz CT molecular complexity index is 369. The van der Waals surface area contributed by atoms with Crippen LogP contribution in [0.2, 0.25) is 19.1 Å². The highest BCUT2D eigenvalue weighted by molar-refractivity contribution is 6.27. The smallest absolute Gasteiger partial charge is 0.161 e. The summed E-state index contributed by atoms with van der Waals surface area (Å²) in [5, 5.41) is 0. The Morgan fingerprint density at radius 2 is 0.907 bits per heavy atom. The van der Waals surface area contributed by atoms with E-state index < -0.39 is 0 Å². The zero-order chi connectivity index (χ0) is 33.7. The standard InChI is InChI=1S/C11H24O3Si.3C4H10O2.2C3H10OSi/c1-3-11(9-13-10-11)8-12-6-5-7-15-14-4-2;3*1-3-5-6-4-2;2*1-3-4-5-2/h3-10,15H2,1-2H3;3*3-4H2,1-2H3;2*3,5H2,1-2H3. The van der Waals surface area contributed by atoms with Crippen LogP contribution in [0.1, 0.15) is 82.1 Å². The van der Waals surface area contributed by atoms with E-state index >= 15 is 0 Å². The second-order valence-electron chi connectivity index (χ2n) is 8.31. The van der Waals surface area contributed by atoms with Crippen molar-refractivity contribution < 1.29 is 52.1 Å². The Balaban J connectivity index is -0.000000146. The molecule has 1 aliphatic heterocycles. The number of ether oxygens (including phenoxy) is 2. The molecule has 0 aliphatic carbocycles. The average Bonchev–Trinajstić information content (AvgIpc) is 3.01. The predicted octanol–water partition coefficient (Wildman–Crippen LogP) is 4.59. The minimum atomic E-state index is -0.252.